The molecule has 0 amide bonds. The van der Waals surface area contributed by atoms with Crippen molar-refractivity contribution in [1.29, 1.82) is 0 Å². The van der Waals surface area contributed by atoms with Gasteiger partial charge in [0, 0.05) is 22.8 Å². The van der Waals surface area contributed by atoms with Gasteiger partial charge in [0.1, 0.15) is 0 Å². The highest BCUT2D eigenvalue weighted by molar-refractivity contribution is 9.10. The Bertz CT molecular complexity index is 602. The average Bonchev–Trinajstić information content (AvgIpc) is 2.49. The van der Waals surface area contributed by atoms with Crippen LogP contribution < -0.4 is 15.2 Å². The molecule has 1 aromatic heterocycles. The van der Waals surface area contributed by atoms with Crippen LogP contribution in [0.1, 0.15) is 18.1 Å². The molecule has 0 fully saturated rings. The number of nitrogens with zero attached hydrogens (tertiary/aromatic N) is 1. The summed E-state index contributed by atoms with van der Waals surface area (Å²) in [6, 6.07) is 7.77. The fourth-order valence-corrected chi connectivity index (χ4v) is 2.21. The number of aryl methyl sites for hydroxylation is 1. The number of nitrogens with two attached hydrogens (primary N) is 1. The summed E-state index contributed by atoms with van der Waals surface area (Å²) < 4.78 is 12.1. The van der Waals surface area contributed by atoms with E-state index in [1.807, 2.05) is 24.3 Å². The number of pyridine rings is 1. The van der Waals surface area contributed by atoms with E-state index in [4.69, 9.17) is 15.2 Å². The highest BCUT2D eigenvalue weighted by Gasteiger charge is 2.11. The molecule has 0 saturated heterocycles. The van der Waals surface area contributed by atoms with Gasteiger partial charge in [0.15, 0.2) is 11.5 Å². The molecule has 4 nitrogen and oxygen atoms in total. The van der Waals surface area contributed by atoms with E-state index < -0.39 is 0 Å². The van der Waals surface area contributed by atoms with E-state index in [1.165, 1.54) is 5.56 Å². The molecule has 0 saturated carbocycles. The molecule has 0 radical (unpaired) electrons. The molecule has 0 aliphatic carbocycles. The number of hydrogen-bond acceptors (Lipinski definition) is 4. The van der Waals surface area contributed by atoms with Crippen molar-refractivity contribution >= 4 is 15.9 Å². The normalized spacial score (nSPS) is 10.4. The molecule has 2 N–H and O–H groups in total. The summed E-state index contributed by atoms with van der Waals surface area (Å²) in [5.41, 5.74) is 7.74. The van der Waals surface area contributed by atoms with Crippen molar-refractivity contribution < 1.29 is 9.47 Å². The zero-order chi connectivity index (χ0) is 14.5. The Balaban J connectivity index is 2.34. The Morgan fingerprint density at radius 3 is 2.70 bits per heavy atom. The number of halogens is 1. The minimum Gasteiger partial charge on any atom is -0.493 e. The molecule has 2 rings (SSSR count). The van der Waals surface area contributed by atoms with Crippen LogP contribution in [0.15, 0.2) is 34.9 Å². The third kappa shape index (κ3) is 3.29. The van der Waals surface area contributed by atoms with Crippen LogP contribution in [0.25, 0.3) is 0 Å². The van der Waals surface area contributed by atoms with Gasteiger partial charge in [-0.1, -0.05) is 13.0 Å². The number of rotatable bonds is 5. The quantitative estimate of drug-likeness (QED) is 0.904. The Labute approximate surface area is 127 Å². The molecule has 0 spiro atoms. The average molecular weight is 337 g/mol. The lowest BCUT2D eigenvalue weighted by atomic mass is 10.1. The maximum absolute atomic E-state index is 5.84. The Morgan fingerprint density at radius 1 is 1.25 bits per heavy atom. The van der Waals surface area contributed by atoms with Crippen LogP contribution >= 0.6 is 15.9 Å². The minimum atomic E-state index is 0.358. The Morgan fingerprint density at radius 2 is 2.05 bits per heavy atom. The van der Waals surface area contributed by atoms with Gasteiger partial charge in [-0.15, -0.1) is 0 Å². The summed E-state index contributed by atoms with van der Waals surface area (Å²) in [5, 5.41) is 0. The van der Waals surface area contributed by atoms with Crippen LogP contribution in [-0.2, 0) is 13.0 Å². The van der Waals surface area contributed by atoms with Crippen LogP contribution in [0, 0.1) is 0 Å². The standard InChI is InChI=1S/C15H17BrN2O2/c1-3-10-4-5-13(14(6-10)19-2)20-15-11(8-17)7-12(16)9-18-15/h4-7,9H,3,8,17H2,1-2H3. The highest BCUT2D eigenvalue weighted by Crippen LogP contribution is 2.33. The molecule has 0 aliphatic heterocycles. The van der Waals surface area contributed by atoms with Gasteiger partial charge in [0.25, 0.3) is 0 Å². The summed E-state index contributed by atoms with van der Waals surface area (Å²) in [7, 11) is 1.63. The van der Waals surface area contributed by atoms with Gasteiger partial charge < -0.3 is 15.2 Å². The largest absolute Gasteiger partial charge is 0.493 e. The van der Waals surface area contributed by atoms with Crippen molar-refractivity contribution in [3.63, 3.8) is 0 Å². The first-order valence-corrected chi connectivity index (χ1v) is 7.16. The van der Waals surface area contributed by atoms with Crippen LogP contribution in [0.4, 0.5) is 0 Å². The van der Waals surface area contributed by atoms with Crippen LogP contribution in [0.2, 0.25) is 0 Å². The fraction of sp³-hybridized carbons (Fsp3) is 0.267. The van der Waals surface area contributed by atoms with Gasteiger partial charge >= 0.3 is 0 Å². The van der Waals surface area contributed by atoms with Crippen molar-refractivity contribution in [1.82, 2.24) is 4.98 Å². The molecule has 1 aromatic carbocycles. The molecule has 1 heterocycles. The number of hydrogen-bond donors (Lipinski definition) is 1. The van der Waals surface area contributed by atoms with E-state index in [2.05, 4.69) is 27.8 Å². The zero-order valence-electron chi connectivity index (χ0n) is 11.5. The third-order valence-corrected chi connectivity index (χ3v) is 3.39. The monoisotopic (exact) mass is 336 g/mol. The molecule has 5 heteroatoms. The van der Waals surface area contributed by atoms with Crippen LogP contribution in [0.5, 0.6) is 17.4 Å². The van der Waals surface area contributed by atoms with E-state index in [9.17, 15) is 0 Å². The lowest BCUT2D eigenvalue weighted by molar-refractivity contribution is 0.372. The van der Waals surface area contributed by atoms with Gasteiger partial charge in [0.05, 0.1) is 7.11 Å². The van der Waals surface area contributed by atoms with Gasteiger partial charge in [0.2, 0.25) is 5.88 Å². The molecule has 0 bridgehead atoms. The summed E-state index contributed by atoms with van der Waals surface area (Å²) in [6.45, 7) is 2.45. The van der Waals surface area contributed by atoms with Crippen molar-refractivity contribution in [3.05, 3.63) is 46.1 Å². The second-order valence-electron chi connectivity index (χ2n) is 4.26. The van der Waals surface area contributed by atoms with Crippen molar-refractivity contribution in [3.8, 4) is 17.4 Å². The lowest BCUT2D eigenvalue weighted by Crippen LogP contribution is -2.02. The SMILES string of the molecule is CCc1ccc(Oc2ncc(Br)cc2CN)c(OC)c1. The Kier molecular flexibility index (Phi) is 4.98. The fourth-order valence-electron chi connectivity index (χ4n) is 1.83. The molecular weight excluding hydrogens is 320 g/mol. The van der Waals surface area contributed by atoms with E-state index in [0.717, 1.165) is 16.5 Å². The number of ether oxygens (including phenoxy) is 2. The number of aromatic nitrogens is 1. The van der Waals surface area contributed by atoms with Crippen LogP contribution in [-0.4, -0.2) is 12.1 Å². The molecule has 0 atom stereocenters. The van der Waals surface area contributed by atoms with E-state index in [1.54, 1.807) is 13.3 Å². The maximum atomic E-state index is 5.84. The first-order chi connectivity index (χ1) is 9.67. The molecule has 20 heavy (non-hydrogen) atoms. The molecule has 2 aromatic rings. The second-order valence-corrected chi connectivity index (χ2v) is 5.18. The predicted octanol–water partition coefficient (Wildman–Crippen LogP) is 3.67. The summed E-state index contributed by atoms with van der Waals surface area (Å²) in [5.74, 6) is 1.82. The van der Waals surface area contributed by atoms with Gasteiger partial charge in [-0.3, -0.25) is 0 Å². The molecule has 106 valence electrons. The molecule has 0 unspecified atom stereocenters. The number of benzene rings is 1. The predicted molar refractivity (Wildman–Crippen MR) is 82.3 cm³/mol. The lowest BCUT2D eigenvalue weighted by Gasteiger charge is -2.13. The summed E-state index contributed by atoms with van der Waals surface area (Å²) in [4.78, 5) is 4.26. The summed E-state index contributed by atoms with van der Waals surface area (Å²) in [6.07, 6.45) is 2.63. The topological polar surface area (TPSA) is 57.4 Å². The Hall–Kier alpha value is -1.59. The van der Waals surface area contributed by atoms with Crippen molar-refractivity contribution in [2.45, 2.75) is 19.9 Å². The minimum absolute atomic E-state index is 0.358. The smallest absolute Gasteiger partial charge is 0.223 e. The third-order valence-electron chi connectivity index (χ3n) is 2.95. The van der Waals surface area contributed by atoms with E-state index >= 15 is 0 Å². The van der Waals surface area contributed by atoms with Gasteiger partial charge in [-0.25, -0.2) is 4.98 Å². The van der Waals surface area contributed by atoms with Gasteiger partial charge in [-0.05, 0) is 46.1 Å². The van der Waals surface area contributed by atoms with E-state index in [0.29, 0.717) is 23.9 Å². The molecule has 0 aliphatic rings. The van der Waals surface area contributed by atoms with Gasteiger partial charge in [-0.2, -0.15) is 0 Å². The number of methoxy groups -OCH3 is 1. The highest BCUT2D eigenvalue weighted by atomic mass is 79.9. The first-order valence-electron chi connectivity index (χ1n) is 6.37. The first kappa shape index (κ1) is 14.8. The van der Waals surface area contributed by atoms with Crippen molar-refractivity contribution in [2.24, 2.45) is 5.73 Å². The molecular formula is C15H17BrN2O2. The van der Waals surface area contributed by atoms with Crippen LogP contribution in [0.3, 0.4) is 0 Å². The zero-order valence-corrected chi connectivity index (χ0v) is 13.1. The van der Waals surface area contributed by atoms with Crippen molar-refractivity contribution in [2.75, 3.05) is 7.11 Å². The maximum Gasteiger partial charge on any atom is 0.223 e. The summed E-state index contributed by atoms with van der Waals surface area (Å²) >= 11 is 3.37. The second kappa shape index (κ2) is 6.72. The van der Waals surface area contributed by atoms with E-state index in [-0.39, 0.29) is 0 Å².